The number of aromatic nitrogens is 3. The predicted octanol–water partition coefficient (Wildman–Crippen LogP) is 5.63. The monoisotopic (exact) mass is 416 g/mol. The highest BCUT2D eigenvalue weighted by Crippen LogP contribution is 2.33. The Labute approximate surface area is 180 Å². The Bertz CT molecular complexity index is 1200. The Morgan fingerprint density at radius 1 is 0.933 bits per heavy atom. The summed E-state index contributed by atoms with van der Waals surface area (Å²) >= 11 is 6.02. The fourth-order valence-electron chi connectivity index (χ4n) is 3.84. The van der Waals surface area contributed by atoms with Gasteiger partial charge in [0.1, 0.15) is 17.3 Å². The summed E-state index contributed by atoms with van der Waals surface area (Å²) in [4.78, 5) is 11.6. The van der Waals surface area contributed by atoms with E-state index in [-0.39, 0.29) is 0 Å². The van der Waals surface area contributed by atoms with Gasteiger partial charge in [-0.2, -0.15) is 0 Å². The fraction of sp³-hybridized carbons (Fsp3) is 0.208. The third-order valence-electron chi connectivity index (χ3n) is 5.44. The summed E-state index contributed by atoms with van der Waals surface area (Å²) in [7, 11) is 0. The molecule has 5 rings (SSSR count). The first-order valence-electron chi connectivity index (χ1n) is 9.98. The van der Waals surface area contributed by atoms with Crippen molar-refractivity contribution in [2.24, 2.45) is 0 Å². The zero-order valence-corrected chi connectivity index (χ0v) is 17.6. The molecule has 2 aromatic heterocycles. The Hall–Kier alpha value is -3.18. The number of nitrogens with zero attached hydrogens (tertiary/aromatic N) is 4. The van der Waals surface area contributed by atoms with Crippen LogP contribution in [-0.2, 0) is 13.0 Å². The Balaban J connectivity index is 1.44. The number of rotatable bonds is 3. The molecular weight excluding hydrogens is 396 g/mol. The van der Waals surface area contributed by atoms with E-state index in [0.717, 1.165) is 58.4 Å². The van der Waals surface area contributed by atoms with Gasteiger partial charge in [0.25, 0.3) is 0 Å². The first-order chi connectivity index (χ1) is 14.6. The molecule has 5 nitrogen and oxygen atoms in total. The molecular formula is C24H21ClN4O. The maximum absolute atomic E-state index is 6.02. The molecule has 0 amide bonds. The van der Waals surface area contributed by atoms with Crippen molar-refractivity contribution in [1.29, 1.82) is 0 Å². The van der Waals surface area contributed by atoms with Gasteiger partial charge in [-0.15, -0.1) is 0 Å². The van der Waals surface area contributed by atoms with Gasteiger partial charge in [0.15, 0.2) is 5.76 Å². The van der Waals surface area contributed by atoms with Crippen LogP contribution in [0.4, 0.5) is 5.82 Å². The van der Waals surface area contributed by atoms with E-state index in [1.54, 1.807) is 0 Å². The zero-order chi connectivity index (χ0) is 20.7. The van der Waals surface area contributed by atoms with Gasteiger partial charge in [0, 0.05) is 34.3 Å². The molecule has 2 aromatic carbocycles. The van der Waals surface area contributed by atoms with Crippen molar-refractivity contribution in [3.05, 3.63) is 82.3 Å². The third-order valence-corrected chi connectivity index (χ3v) is 5.70. The van der Waals surface area contributed by atoms with Gasteiger partial charge >= 0.3 is 0 Å². The highest BCUT2D eigenvalue weighted by atomic mass is 35.5. The Morgan fingerprint density at radius 3 is 2.43 bits per heavy atom. The lowest BCUT2D eigenvalue weighted by molar-refractivity contribution is 0.423. The minimum atomic E-state index is 0.663. The Kier molecular flexibility index (Phi) is 4.75. The highest BCUT2D eigenvalue weighted by Gasteiger charge is 2.26. The number of benzene rings is 2. The van der Waals surface area contributed by atoms with E-state index in [4.69, 9.17) is 16.1 Å². The molecule has 0 saturated carbocycles. The lowest BCUT2D eigenvalue weighted by atomic mass is 10.0. The number of aryl methyl sites for hydroxylation is 2. The van der Waals surface area contributed by atoms with Crippen LogP contribution >= 0.6 is 11.6 Å². The summed E-state index contributed by atoms with van der Waals surface area (Å²) in [6, 6.07) is 18.2. The van der Waals surface area contributed by atoms with Gasteiger partial charge < -0.3 is 9.42 Å². The third kappa shape index (κ3) is 3.57. The minimum Gasteiger partial charge on any atom is -0.356 e. The van der Waals surface area contributed by atoms with Gasteiger partial charge in [-0.05, 0) is 44.5 Å². The molecule has 0 spiro atoms. The molecule has 3 heterocycles. The van der Waals surface area contributed by atoms with Crippen molar-refractivity contribution in [2.75, 3.05) is 11.4 Å². The highest BCUT2D eigenvalue weighted by molar-refractivity contribution is 6.30. The molecule has 0 fully saturated rings. The summed E-state index contributed by atoms with van der Waals surface area (Å²) in [5.74, 6) is 2.51. The van der Waals surface area contributed by atoms with E-state index in [2.05, 4.69) is 57.3 Å². The van der Waals surface area contributed by atoms with Gasteiger partial charge in [-0.3, -0.25) is 0 Å². The minimum absolute atomic E-state index is 0.663. The van der Waals surface area contributed by atoms with Gasteiger partial charge in [-0.1, -0.05) is 46.6 Å². The topological polar surface area (TPSA) is 55.1 Å². The standard InChI is InChI=1S/C24H21ClN4O/c1-15-3-5-17(6-4-15)21-13-23(27-16(2)26-21)29-12-11-20-22(14-29)28-30-24(20)18-7-9-19(25)10-8-18/h3-10,13H,11-12,14H2,1-2H3. The molecule has 0 radical (unpaired) electrons. The van der Waals surface area contributed by atoms with E-state index in [9.17, 15) is 0 Å². The fourth-order valence-corrected chi connectivity index (χ4v) is 3.97. The van der Waals surface area contributed by atoms with Crippen LogP contribution in [0.15, 0.2) is 59.1 Å². The van der Waals surface area contributed by atoms with Crippen molar-refractivity contribution in [3.63, 3.8) is 0 Å². The molecule has 4 aromatic rings. The molecule has 6 heteroatoms. The quantitative estimate of drug-likeness (QED) is 0.433. The predicted molar refractivity (Wildman–Crippen MR) is 119 cm³/mol. The first-order valence-corrected chi connectivity index (χ1v) is 10.4. The number of hydrogen-bond donors (Lipinski definition) is 0. The SMILES string of the molecule is Cc1ccc(-c2cc(N3CCc4c(noc4-c4ccc(Cl)cc4)C3)nc(C)n2)cc1. The molecule has 0 N–H and O–H groups in total. The van der Waals surface area contributed by atoms with Crippen LogP contribution in [0.5, 0.6) is 0 Å². The molecule has 1 aliphatic rings. The Morgan fingerprint density at radius 2 is 1.67 bits per heavy atom. The van der Waals surface area contributed by atoms with Gasteiger partial charge in [-0.25, -0.2) is 9.97 Å². The summed E-state index contributed by atoms with van der Waals surface area (Å²) in [6.07, 6.45) is 0.847. The second-order valence-electron chi connectivity index (χ2n) is 7.64. The van der Waals surface area contributed by atoms with Gasteiger partial charge in [0.05, 0.1) is 12.2 Å². The summed E-state index contributed by atoms with van der Waals surface area (Å²) in [5, 5.41) is 5.06. The number of halogens is 1. The van der Waals surface area contributed by atoms with Crippen LogP contribution < -0.4 is 4.90 Å². The van der Waals surface area contributed by atoms with E-state index < -0.39 is 0 Å². The average molecular weight is 417 g/mol. The zero-order valence-electron chi connectivity index (χ0n) is 16.9. The maximum atomic E-state index is 6.02. The van der Waals surface area contributed by atoms with Crippen LogP contribution in [-0.4, -0.2) is 21.7 Å². The smallest absolute Gasteiger partial charge is 0.170 e. The second kappa shape index (κ2) is 7.58. The van der Waals surface area contributed by atoms with Crippen LogP contribution in [0, 0.1) is 13.8 Å². The molecule has 0 atom stereocenters. The van der Waals surface area contributed by atoms with Crippen LogP contribution in [0.25, 0.3) is 22.6 Å². The molecule has 30 heavy (non-hydrogen) atoms. The largest absolute Gasteiger partial charge is 0.356 e. The molecule has 1 aliphatic heterocycles. The normalized spacial score (nSPS) is 13.4. The molecule has 150 valence electrons. The van der Waals surface area contributed by atoms with Crippen LogP contribution in [0.2, 0.25) is 5.02 Å². The van der Waals surface area contributed by atoms with Crippen LogP contribution in [0.3, 0.4) is 0 Å². The number of anilines is 1. The van der Waals surface area contributed by atoms with Gasteiger partial charge in [0.2, 0.25) is 0 Å². The molecule has 0 unspecified atom stereocenters. The number of fused-ring (bicyclic) bond motifs is 1. The molecule has 0 bridgehead atoms. The van der Waals surface area contributed by atoms with Crippen LogP contribution in [0.1, 0.15) is 22.6 Å². The van der Waals surface area contributed by atoms with E-state index in [0.29, 0.717) is 11.6 Å². The summed E-state index contributed by atoms with van der Waals surface area (Å²) in [5.41, 5.74) is 6.39. The van der Waals surface area contributed by atoms with Crippen molar-refractivity contribution < 1.29 is 4.52 Å². The first kappa shape index (κ1) is 18.8. The van der Waals surface area contributed by atoms with E-state index in [1.165, 1.54) is 5.56 Å². The van der Waals surface area contributed by atoms with E-state index >= 15 is 0 Å². The second-order valence-corrected chi connectivity index (χ2v) is 8.08. The van der Waals surface area contributed by atoms with E-state index in [1.807, 2.05) is 31.2 Å². The van der Waals surface area contributed by atoms with Crippen molar-refractivity contribution >= 4 is 17.4 Å². The lowest BCUT2D eigenvalue weighted by Crippen LogP contribution is -2.31. The summed E-state index contributed by atoms with van der Waals surface area (Å²) in [6.45, 7) is 5.53. The average Bonchev–Trinajstić information content (AvgIpc) is 3.17. The molecule has 0 aliphatic carbocycles. The molecule has 0 saturated heterocycles. The van der Waals surface area contributed by atoms with Crippen molar-refractivity contribution in [2.45, 2.75) is 26.8 Å². The maximum Gasteiger partial charge on any atom is 0.170 e. The van der Waals surface area contributed by atoms with Crippen molar-refractivity contribution in [3.8, 4) is 22.6 Å². The summed E-state index contributed by atoms with van der Waals surface area (Å²) < 4.78 is 5.70. The lowest BCUT2D eigenvalue weighted by Gasteiger charge is -2.27. The number of hydrogen-bond acceptors (Lipinski definition) is 5. The van der Waals surface area contributed by atoms with Crippen molar-refractivity contribution in [1.82, 2.24) is 15.1 Å².